The summed E-state index contributed by atoms with van der Waals surface area (Å²) in [4.78, 5) is 27.9. The number of aliphatic carboxylic acids is 1. The summed E-state index contributed by atoms with van der Waals surface area (Å²) < 4.78 is 0. The lowest BCUT2D eigenvalue weighted by Crippen LogP contribution is -2.32. The van der Waals surface area contributed by atoms with Gasteiger partial charge >= 0.3 is 11.9 Å². The van der Waals surface area contributed by atoms with Crippen LogP contribution in [0.1, 0.15) is 5.56 Å². The molecule has 25 heavy (non-hydrogen) atoms. The number of carboxylic acid groups (broad SMARTS) is 1. The number of hydrogen-bond acceptors (Lipinski definition) is 4. The molecule has 0 spiro atoms. The summed E-state index contributed by atoms with van der Waals surface area (Å²) in [6, 6.07) is 14.4. The second-order valence-electron chi connectivity index (χ2n) is 5.45. The number of aromatic nitrogens is 1. The number of pyridine rings is 1. The normalized spacial score (nSPS) is 10.2. The Kier molecular flexibility index (Phi) is 4.14. The number of likely N-dealkylation sites (N-methyl/N-ethyl adjacent to an activating group) is 1. The van der Waals surface area contributed by atoms with Crippen molar-refractivity contribution in [3.8, 4) is 17.2 Å². The molecule has 2 aromatic carbocycles. The van der Waals surface area contributed by atoms with E-state index in [1.807, 2.05) is 12.1 Å². The van der Waals surface area contributed by atoms with Gasteiger partial charge in [-0.25, -0.2) is 4.79 Å². The highest BCUT2D eigenvalue weighted by Gasteiger charge is 2.19. The quantitative estimate of drug-likeness (QED) is 0.729. The Balaban J connectivity index is 2.13. The molecular formula is C19H13N3O3. The van der Waals surface area contributed by atoms with Gasteiger partial charge in [-0.1, -0.05) is 18.2 Å². The molecule has 6 nitrogen and oxygen atoms in total. The van der Waals surface area contributed by atoms with E-state index in [9.17, 15) is 9.59 Å². The van der Waals surface area contributed by atoms with Crippen molar-refractivity contribution >= 4 is 28.3 Å². The Morgan fingerprint density at radius 2 is 1.84 bits per heavy atom. The first kappa shape index (κ1) is 16.1. The molecule has 1 amide bonds. The zero-order valence-corrected chi connectivity index (χ0v) is 13.3. The largest absolute Gasteiger partial charge is 0.474 e. The van der Waals surface area contributed by atoms with Crippen molar-refractivity contribution in [3.63, 3.8) is 0 Å². The van der Waals surface area contributed by atoms with Crippen molar-refractivity contribution in [2.75, 3.05) is 11.9 Å². The fraction of sp³-hybridized carbons (Fsp3) is 0.0526. The third-order valence-corrected chi connectivity index (χ3v) is 3.94. The number of carboxylic acids is 1. The van der Waals surface area contributed by atoms with E-state index < -0.39 is 11.9 Å². The van der Waals surface area contributed by atoms with Crippen LogP contribution >= 0.6 is 0 Å². The predicted molar refractivity (Wildman–Crippen MR) is 92.9 cm³/mol. The second-order valence-corrected chi connectivity index (χ2v) is 5.45. The monoisotopic (exact) mass is 331 g/mol. The van der Waals surface area contributed by atoms with E-state index in [-0.39, 0.29) is 0 Å². The first-order chi connectivity index (χ1) is 12.0. The third-order valence-electron chi connectivity index (χ3n) is 3.94. The lowest BCUT2D eigenvalue weighted by molar-refractivity contribution is -0.148. The van der Waals surface area contributed by atoms with Gasteiger partial charge < -0.3 is 10.0 Å². The number of hydrogen-bond donors (Lipinski definition) is 1. The minimum absolute atomic E-state index is 0.473. The molecule has 0 atom stereocenters. The van der Waals surface area contributed by atoms with Crippen molar-refractivity contribution in [1.82, 2.24) is 4.98 Å². The maximum Gasteiger partial charge on any atom is 0.394 e. The molecule has 0 bridgehead atoms. The maximum atomic E-state index is 11.7. The Morgan fingerprint density at radius 1 is 1.12 bits per heavy atom. The van der Waals surface area contributed by atoms with Crippen LogP contribution in [0.15, 0.2) is 54.9 Å². The Hall–Kier alpha value is -3.72. The molecule has 0 unspecified atom stereocenters. The van der Waals surface area contributed by atoms with Crippen LogP contribution in [-0.2, 0) is 9.59 Å². The van der Waals surface area contributed by atoms with Gasteiger partial charge in [-0.05, 0) is 35.2 Å². The molecule has 1 N–H and O–H groups in total. The number of carbonyl (C=O) groups is 2. The van der Waals surface area contributed by atoms with Gasteiger partial charge in [0, 0.05) is 36.1 Å². The van der Waals surface area contributed by atoms with E-state index in [4.69, 9.17) is 10.4 Å². The lowest BCUT2D eigenvalue weighted by Gasteiger charge is -2.16. The zero-order chi connectivity index (χ0) is 18.0. The molecule has 0 aliphatic rings. The summed E-state index contributed by atoms with van der Waals surface area (Å²) in [5, 5.41) is 19.5. The molecule has 3 rings (SSSR count). The first-order valence-electron chi connectivity index (χ1n) is 7.40. The third kappa shape index (κ3) is 3.03. The Bertz CT molecular complexity index is 1020. The molecule has 0 saturated heterocycles. The minimum Gasteiger partial charge on any atom is -0.474 e. The van der Waals surface area contributed by atoms with Crippen LogP contribution in [0.4, 0.5) is 5.69 Å². The van der Waals surface area contributed by atoms with Crippen molar-refractivity contribution in [2.24, 2.45) is 0 Å². The topological polar surface area (TPSA) is 94.3 Å². The van der Waals surface area contributed by atoms with Crippen molar-refractivity contribution in [2.45, 2.75) is 0 Å². The fourth-order valence-corrected chi connectivity index (χ4v) is 2.58. The van der Waals surface area contributed by atoms with Gasteiger partial charge in [0.1, 0.15) is 0 Å². The number of nitrogens with zero attached hydrogens (tertiary/aromatic N) is 3. The Labute approximate surface area is 143 Å². The number of amides is 1. The first-order valence-corrected chi connectivity index (χ1v) is 7.40. The molecule has 6 heteroatoms. The Morgan fingerprint density at radius 3 is 2.48 bits per heavy atom. The molecule has 0 radical (unpaired) electrons. The molecule has 0 saturated carbocycles. The molecule has 0 aliphatic heterocycles. The van der Waals surface area contributed by atoms with Gasteiger partial charge in [0.15, 0.2) is 0 Å². The predicted octanol–water partition coefficient (Wildman–Crippen LogP) is 2.82. The van der Waals surface area contributed by atoms with Crippen LogP contribution in [0.25, 0.3) is 21.9 Å². The van der Waals surface area contributed by atoms with Crippen LogP contribution in [0.2, 0.25) is 0 Å². The summed E-state index contributed by atoms with van der Waals surface area (Å²) in [7, 11) is 1.42. The highest BCUT2D eigenvalue weighted by atomic mass is 16.4. The van der Waals surface area contributed by atoms with Gasteiger partial charge in [0.05, 0.1) is 11.6 Å². The second kappa shape index (κ2) is 6.42. The van der Waals surface area contributed by atoms with E-state index in [1.165, 1.54) is 7.05 Å². The maximum absolute atomic E-state index is 11.7. The summed E-state index contributed by atoms with van der Waals surface area (Å²) in [6.45, 7) is 0. The zero-order valence-electron chi connectivity index (χ0n) is 13.3. The number of rotatable bonds is 2. The van der Waals surface area contributed by atoms with Gasteiger partial charge in [0.2, 0.25) is 0 Å². The number of fused-ring (bicyclic) bond motifs is 1. The van der Waals surface area contributed by atoms with E-state index in [0.29, 0.717) is 11.3 Å². The van der Waals surface area contributed by atoms with E-state index >= 15 is 0 Å². The summed E-state index contributed by atoms with van der Waals surface area (Å²) in [5.74, 6) is -2.52. The number of benzene rings is 2. The van der Waals surface area contributed by atoms with Crippen LogP contribution < -0.4 is 4.90 Å². The van der Waals surface area contributed by atoms with Gasteiger partial charge in [-0.15, -0.1) is 0 Å². The van der Waals surface area contributed by atoms with E-state index in [0.717, 1.165) is 26.8 Å². The molecular weight excluding hydrogens is 318 g/mol. The van der Waals surface area contributed by atoms with Crippen LogP contribution in [0.3, 0.4) is 0 Å². The molecule has 1 aromatic heterocycles. The SMILES string of the molecule is CN(C(=O)C(=O)O)c1ccc2cncc(-c3ccc(C#N)cc3)c2c1. The number of carbonyl (C=O) groups excluding carboxylic acids is 1. The van der Waals surface area contributed by atoms with Crippen LogP contribution in [-0.4, -0.2) is 29.0 Å². The van der Waals surface area contributed by atoms with Gasteiger partial charge in [-0.3, -0.25) is 9.78 Å². The minimum atomic E-state index is -1.51. The standard InChI is InChI=1S/C19H13N3O3/c1-22(18(23)19(24)25)15-7-6-14-10-21-11-17(16(14)8-15)13-4-2-12(9-20)3-5-13/h2-8,10-11H,1H3,(H,24,25). The van der Waals surface area contributed by atoms with Gasteiger partial charge in [0.25, 0.3) is 0 Å². The van der Waals surface area contributed by atoms with E-state index in [2.05, 4.69) is 11.1 Å². The molecule has 122 valence electrons. The average Bonchev–Trinajstić information content (AvgIpc) is 2.66. The lowest BCUT2D eigenvalue weighted by atomic mass is 9.99. The highest BCUT2D eigenvalue weighted by molar-refractivity contribution is 6.37. The molecule has 1 heterocycles. The van der Waals surface area contributed by atoms with Crippen LogP contribution in [0.5, 0.6) is 0 Å². The van der Waals surface area contributed by atoms with Crippen molar-refractivity contribution < 1.29 is 14.7 Å². The summed E-state index contributed by atoms with van der Waals surface area (Å²) >= 11 is 0. The van der Waals surface area contributed by atoms with Crippen molar-refractivity contribution in [1.29, 1.82) is 5.26 Å². The molecule has 0 aliphatic carbocycles. The number of nitriles is 1. The van der Waals surface area contributed by atoms with Crippen LogP contribution in [0, 0.1) is 11.3 Å². The van der Waals surface area contributed by atoms with Gasteiger partial charge in [-0.2, -0.15) is 5.26 Å². The number of anilines is 1. The van der Waals surface area contributed by atoms with E-state index in [1.54, 1.807) is 42.7 Å². The average molecular weight is 331 g/mol. The molecule has 3 aromatic rings. The summed E-state index contributed by atoms with van der Waals surface area (Å²) in [5.41, 5.74) is 2.74. The molecule has 0 fully saturated rings. The highest BCUT2D eigenvalue weighted by Crippen LogP contribution is 2.30. The van der Waals surface area contributed by atoms with Crippen molar-refractivity contribution in [3.05, 3.63) is 60.4 Å². The smallest absolute Gasteiger partial charge is 0.394 e. The summed E-state index contributed by atoms with van der Waals surface area (Å²) in [6.07, 6.45) is 3.40. The fourth-order valence-electron chi connectivity index (χ4n) is 2.58.